The van der Waals surface area contributed by atoms with Gasteiger partial charge >= 0.3 is 0 Å². The smallest absolute Gasteiger partial charge is 0.253 e. The molecule has 1 atom stereocenters. The molecule has 1 aliphatic heterocycles. The largest absolute Gasteiger partial charge is 0.472 e. The Bertz CT molecular complexity index is 860. The number of amides is 1. The van der Waals surface area contributed by atoms with Crippen molar-refractivity contribution >= 4 is 5.91 Å². The van der Waals surface area contributed by atoms with E-state index in [2.05, 4.69) is 15.4 Å². The van der Waals surface area contributed by atoms with Crippen LogP contribution < -0.4 is 0 Å². The molecule has 0 spiro atoms. The van der Waals surface area contributed by atoms with E-state index in [4.69, 9.17) is 4.42 Å². The number of hydrogen-bond acceptors (Lipinski definition) is 5. The number of carbonyl (C=O) groups is 1. The summed E-state index contributed by atoms with van der Waals surface area (Å²) >= 11 is 0. The molecule has 0 saturated carbocycles. The summed E-state index contributed by atoms with van der Waals surface area (Å²) in [6.45, 7) is 0.809. The van der Waals surface area contributed by atoms with E-state index in [-0.39, 0.29) is 12.5 Å². The lowest BCUT2D eigenvalue weighted by molar-refractivity contribution is -0.0320. The van der Waals surface area contributed by atoms with E-state index >= 15 is 0 Å². The van der Waals surface area contributed by atoms with Gasteiger partial charge in [-0.05, 0) is 36.6 Å². The second-order valence-corrected chi connectivity index (χ2v) is 6.31. The van der Waals surface area contributed by atoms with E-state index in [0.29, 0.717) is 30.6 Å². The quantitative estimate of drug-likeness (QED) is 0.763. The lowest BCUT2D eigenvalue weighted by Crippen LogP contribution is -2.48. The number of aromatic nitrogens is 3. The highest BCUT2D eigenvalue weighted by molar-refractivity contribution is 5.95. The van der Waals surface area contributed by atoms with Crippen LogP contribution in [0.15, 0.2) is 53.5 Å². The number of aliphatic hydroxyl groups is 1. The first-order valence-electron chi connectivity index (χ1n) is 8.16. The summed E-state index contributed by atoms with van der Waals surface area (Å²) in [6.07, 6.45) is 6.02. The number of benzene rings is 1. The zero-order valence-electron chi connectivity index (χ0n) is 13.6. The third-order valence-corrected chi connectivity index (χ3v) is 4.61. The van der Waals surface area contributed by atoms with Gasteiger partial charge in [-0.15, -0.1) is 0 Å². The SMILES string of the molecule is O=C(c1cccc(-c2ccoc2)c1)N1CCCC(O)(c2cn[nH]n2)C1. The molecule has 1 fully saturated rings. The summed E-state index contributed by atoms with van der Waals surface area (Å²) in [5.74, 6) is -0.105. The Balaban J connectivity index is 1.58. The summed E-state index contributed by atoms with van der Waals surface area (Å²) in [5, 5.41) is 21.1. The van der Waals surface area contributed by atoms with Crippen molar-refractivity contribution < 1.29 is 14.3 Å². The van der Waals surface area contributed by atoms with Gasteiger partial charge in [0.1, 0.15) is 11.3 Å². The molecule has 7 nitrogen and oxygen atoms in total. The van der Waals surface area contributed by atoms with Crippen LogP contribution in [0.3, 0.4) is 0 Å². The minimum Gasteiger partial charge on any atom is -0.472 e. The van der Waals surface area contributed by atoms with E-state index in [1.165, 1.54) is 6.20 Å². The monoisotopic (exact) mass is 338 g/mol. The normalized spacial score (nSPS) is 20.6. The van der Waals surface area contributed by atoms with Crippen LogP contribution in [0.5, 0.6) is 0 Å². The van der Waals surface area contributed by atoms with Crippen LogP contribution in [0.25, 0.3) is 11.1 Å². The molecule has 1 aromatic carbocycles. The Morgan fingerprint density at radius 2 is 2.24 bits per heavy atom. The predicted molar refractivity (Wildman–Crippen MR) is 89.6 cm³/mol. The minimum absolute atomic E-state index is 0.105. The van der Waals surface area contributed by atoms with Gasteiger partial charge in [0.2, 0.25) is 0 Å². The van der Waals surface area contributed by atoms with Crippen molar-refractivity contribution in [3.05, 3.63) is 60.3 Å². The topological polar surface area (TPSA) is 95.3 Å². The summed E-state index contributed by atoms with van der Waals surface area (Å²) < 4.78 is 5.11. The maximum Gasteiger partial charge on any atom is 0.253 e. The lowest BCUT2D eigenvalue weighted by atomic mass is 9.89. The standard InChI is InChI=1S/C18H18N4O3/c23-17(14-4-1-3-13(9-14)15-5-8-25-11-15)22-7-2-6-18(24,12-22)16-10-19-21-20-16/h1,3-5,8-11,24H,2,6-7,12H2,(H,19,20,21). The zero-order chi connectivity index (χ0) is 17.3. The van der Waals surface area contributed by atoms with Crippen molar-refractivity contribution in [1.29, 1.82) is 0 Å². The molecular weight excluding hydrogens is 320 g/mol. The molecule has 7 heteroatoms. The number of rotatable bonds is 3. The fourth-order valence-corrected chi connectivity index (χ4v) is 3.29. The molecule has 3 heterocycles. The Kier molecular flexibility index (Phi) is 3.85. The van der Waals surface area contributed by atoms with Crippen molar-refractivity contribution in [3.63, 3.8) is 0 Å². The first kappa shape index (κ1) is 15.6. The first-order valence-corrected chi connectivity index (χ1v) is 8.16. The van der Waals surface area contributed by atoms with Crippen molar-refractivity contribution in [2.75, 3.05) is 13.1 Å². The molecule has 2 N–H and O–H groups in total. The minimum atomic E-state index is -1.16. The number of aromatic amines is 1. The van der Waals surface area contributed by atoms with Gasteiger partial charge in [-0.1, -0.05) is 12.1 Å². The van der Waals surface area contributed by atoms with E-state index in [1.54, 1.807) is 23.5 Å². The lowest BCUT2D eigenvalue weighted by Gasteiger charge is -2.38. The molecule has 1 saturated heterocycles. The average molecular weight is 338 g/mol. The van der Waals surface area contributed by atoms with E-state index < -0.39 is 5.60 Å². The van der Waals surface area contributed by atoms with Crippen molar-refractivity contribution in [3.8, 4) is 11.1 Å². The highest BCUT2D eigenvalue weighted by atomic mass is 16.3. The second-order valence-electron chi connectivity index (χ2n) is 6.31. The molecule has 3 aromatic rings. The first-order chi connectivity index (χ1) is 12.2. The Morgan fingerprint density at radius 1 is 1.32 bits per heavy atom. The van der Waals surface area contributed by atoms with Crippen LogP contribution in [0.2, 0.25) is 0 Å². The number of carbonyl (C=O) groups excluding carboxylic acids is 1. The summed E-state index contributed by atoms with van der Waals surface area (Å²) in [4.78, 5) is 14.6. The Morgan fingerprint density at radius 3 is 3.00 bits per heavy atom. The highest BCUT2D eigenvalue weighted by Crippen LogP contribution is 2.31. The van der Waals surface area contributed by atoms with Gasteiger partial charge in [-0.3, -0.25) is 4.79 Å². The molecule has 1 unspecified atom stereocenters. The molecular formula is C18H18N4O3. The van der Waals surface area contributed by atoms with Gasteiger partial charge < -0.3 is 14.4 Å². The third kappa shape index (κ3) is 2.94. The summed E-state index contributed by atoms with van der Waals surface area (Å²) in [6, 6.07) is 9.27. The maximum atomic E-state index is 12.9. The average Bonchev–Trinajstić information content (AvgIpc) is 3.35. The van der Waals surface area contributed by atoms with Gasteiger partial charge in [-0.25, -0.2) is 0 Å². The van der Waals surface area contributed by atoms with Crippen LogP contribution in [-0.2, 0) is 5.60 Å². The molecule has 0 bridgehead atoms. The fourth-order valence-electron chi connectivity index (χ4n) is 3.29. The summed E-state index contributed by atoms with van der Waals surface area (Å²) in [5.41, 5.74) is 1.74. The van der Waals surface area contributed by atoms with Crippen molar-refractivity contribution in [2.45, 2.75) is 18.4 Å². The summed E-state index contributed by atoms with van der Waals surface area (Å²) in [7, 11) is 0. The van der Waals surface area contributed by atoms with Crippen LogP contribution in [0.4, 0.5) is 0 Å². The number of hydrogen-bond donors (Lipinski definition) is 2. The number of likely N-dealkylation sites (tertiary alicyclic amines) is 1. The molecule has 4 rings (SSSR count). The van der Waals surface area contributed by atoms with E-state index in [1.807, 2.05) is 24.3 Å². The van der Waals surface area contributed by atoms with Crippen molar-refractivity contribution in [1.82, 2.24) is 20.3 Å². The Hall–Kier alpha value is -2.93. The van der Waals surface area contributed by atoms with Gasteiger partial charge in [-0.2, -0.15) is 15.4 Å². The predicted octanol–water partition coefficient (Wildman–Crippen LogP) is 2.19. The molecule has 25 heavy (non-hydrogen) atoms. The maximum absolute atomic E-state index is 12.9. The molecule has 128 valence electrons. The molecule has 1 amide bonds. The third-order valence-electron chi connectivity index (χ3n) is 4.61. The number of β-amino-alcohol motifs (C(OH)–C–C–N with tert-alkyl or cyclic N) is 1. The van der Waals surface area contributed by atoms with Gasteiger partial charge in [0.15, 0.2) is 0 Å². The van der Waals surface area contributed by atoms with Crippen LogP contribution in [0.1, 0.15) is 28.9 Å². The number of nitrogens with one attached hydrogen (secondary N) is 1. The highest BCUT2D eigenvalue weighted by Gasteiger charge is 2.39. The molecule has 0 radical (unpaired) electrons. The van der Waals surface area contributed by atoms with Crippen LogP contribution >= 0.6 is 0 Å². The number of piperidine rings is 1. The molecule has 0 aliphatic carbocycles. The molecule has 1 aliphatic rings. The van der Waals surface area contributed by atoms with E-state index in [9.17, 15) is 9.90 Å². The number of H-pyrrole nitrogens is 1. The van der Waals surface area contributed by atoms with Gasteiger partial charge in [0.05, 0.1) is 25.3 Å². The Labute approximate surface area is 144 Å². The number of furan rings is 1. The van der Waals surface area contributed by atoms with Crippen molar-refractivity contribution in [2.24, 2.45) is 0 Å². The molecule has 2 aromatic heterocycles. The van der Waals surface area contributed by atoms with Crippen LogP contribution in [0, 0.1) is 0 Å². The number of nitrogens with zero attached hydrogens (tertiary/aromatic N) is 3. The van der Waals surface area contributed by atoms with Gasteiger partial charge in [0.25, 0.3) is 5.91 Å². The van der Waals surface area contributed by atoms with Gasteiger partial charge in [0, 0.05) is 17.7 Å². The van der Waals surface area contributed by atoms with E-state index in [0.717, 1.165) is 11.1 Å². The fraction of sp³-hybridized carbons (Fsp3) is 0.278. The van der Waals surface area contributed by atoms with Crippen LogP contribution in [-0.4, -0.2) is 44.4 Å². The second kappa shape index (κ2) is 6.18. The zero-order valence-corrected chi connectivity index (χ0v) is 13.6.